The number of carboxylic acid groups (broad SMARTS) is 1. The minimum atomic E-state index is -0.903. The molecule has 3 heteroatoms. The molecule has 0 bridgehead atoms. The van der Waals surface area contributed by atoms with Crippen LogP contribution in [0.4, 0.5) is 0 Å². The Morgan fingerprint density at radius 3 is 2.67 bits per heavy atom. The van der Waals surface area contributed by atoms with E-state index in [9.17, 15) is 9.90 Å². The third-order valence-corrected chi connectivity index (χ3v) is 4.16. The normalized spacial score (nSPS) is 17.0. The Kier molecular flexibility index (Phi) is 3.42. The smallest absolute Gasteiger partial charge is 0.336 e. The lowest BCUT2D eigenvalue weighted by molar-refractivity contribution is 0.0689. The minimum absolute atomic E-state index is 0.188. The predicted molar refractivity (Wildman–Crippen MR) is 81.0 cm³/mol. The van der Waals surface area contributed by atoms with Gasteiger partial charge in [-0.3, -0.25) is 0 Å². The van der Waals surface area contributed by atoms with Crippen molar-refractivity contribution in [3.05, 3.63) is 64.2 Å². The van der Waals surface area contributed by atoms with Crippen LogP contribution in [0.1, 0.15) is 45.1 Å². The molecule has 0 amide bonds. The van der Waals surface area contributed by atoms with Crippen LogP contribution in [-0.2, 0) is 6.42 Å². The third-order valence-electron chi connectivity index (χ3n) is 4.16. The maximum Gasteiger partial charge on any atom is 0.336 e. The van der Waals surface area contributed by atoms with E-state index in [1.807, 2.05) is 12.1 Å². The number of benzene rings is 2. The summed E-state index contributed by atoms with van der Waals surface area (Å²) in [4.78, 5) is 11.4. The lowest BCUT2D eigenvalue weighted by Gasteiger charge is -2.28. The Morgan fingerprint density at radius 1 is 1.19 bits per heavy atom. The first kappa shape index (κ1) is 13.7. The van der Waals surface area contributed by atoms with Crippen molar-refractivity contribution in [2.24, 2.45) is 0 Å². The molecule has 0 saturated carbocycles. The van der Waals surface area contributed by atoms with Gasteiger partial charge in [0.1, 0.15) is 11.9 Å². The monoisotopic (exact) mass is 282 g/mol. The van der Waals surface area contributed by atoms with E-state index < -0.39 is 5.97 Å². The van der Waals surface area contributed by atoms with Gasteiger partial charge in [-0.1, -0.05) is 24.3 Å². The van der Waals surface area contributed by atoms with E-state index in [1.54, 1.807) is 12.1 Å². The highest BCUT2D eigenvalue weighted by Gasteiger charge is 2.25. The molecule has 1 aliphatic rings. The number of hydrogen-bond donors (Lipinski definition) is 1. The van der Waals surface area contributed by atoms with E-state index in [-0.39, 0.29) is 6.10 Å². The summed E-state index contributed by atoms with van der Waals surface area (Å²) in [6.07, 6.45) is 1.53. The number of fused-ring (bicyclic) bond motifs is 1. The summed E-state index contributed by atoms with van der Waals surface area (Å²) < 4.78 is 6.08. The largest absolute Gasteiger partial charge is 0.485 e. The summed E-state index contributed by atoms with van der Waals surface area (Å²) in [5.41, 5.74) is 4.76. The van der Waals surface area contributed by atoms with Crippen molar-refractivity contribution in [2.75, 3.05) is 0 Å². The SMILES string of the molecule is Cc1cc2c(cc1C)OC(c1ccccc1C(=O)O)CC2. The van der Waals surface area contributed by atoms with Crippen molar-refractivity contribution in [3.63, 3.8) is 0 Å². The summed E-state index contributed by atoms with van der Waals surface area (Å²) in [7, 11) is 0. The van der Waals surface area contributed by atoms with E-state index in [2.05, 4.69) is 26.0 Å². The summed E-state index contributed by atoms with van der Waals surface area (Å²) in [6, 6.07) is 11.3. The zero-order valence-corrected chi connectivity index (χ0v) is 12.2. The second-order valence-corrected chi connectivity index (χ2v) is 5.58. The molecule has 1 atom stereocenters. The molecule has 1 N–H and O–H groups in total. The van der Waals surface area contributed by atoms with Crippen LogP contribution in [0.3, 0.4) is 0 Å². The van der Waals surface area contributed by atoms with Gasteiger partial charge < -0.3 is 9.84 Å². The Hall–Kier alpha value is -2.29. The number of aromatic carboxylic acids is 1. The molecular formula is C18H18O3. The molecule has 0 aliphatic carbocycles. The zero-order chi connectivity index (χ0) is 15.0. The van der Waals surface area contributed by atoms with Gasteiger partial charge in [-0.25, -0.2) is 4.79 Å². The molecular weight excluding hydrogens is 264 g/mol. The molecule has 21 heavy (non-hydrogen) atoms. The highest BCUT2D eigenvalue weighted by Crippen LogP contribution is 2.37. The first-order valence-corrected chi connectivity index (χ1v) is 7.15. The van der Waals surface area contributed by atoms with Gasteiger partial charge in [0.25, 0.3) is 0 Å². The van der Waals surface area contributed by atoms with Crippen LogP contribution < -0.4 is 4.74 Å². The van der Waals surface area contributed by atoms with E-state index in [1.165, 1.54) is 16.7 Å². The van der Waals surface area contributed by atoms with Crippen LogP contribution in [0, 0.1) is 13.8 Å². The van der Waals surface area contributed by atoms with Crippen LogP contribution in [-0.4, -0.2) is 11.1 Å². The summed E-state index contributed by atoms with van der Waals surface area (Å²) in [5.74, 6) is -0.0189. The van der Waals surface area contributed by atoms with E-state index >= 15 is 0 Å². The van der Waals surface area contributed by atoms with Crippen molar-refractivity contribution in [1.29, 1.82) is 0 Å². The summed E-state index contributed by atoms with van der Waals surface area (Å²) in [6.45, 7) is 4.16. The van der Waals surface area contributed by atoms with Crippen molar-refractivity contribution < 1.29 is 14.6 Å². The van der Waals surface area contributed by atoms with E-state index in [4.69, 9.17) is 4.74 Å². The molecule has 2 aromatic carbocycles. The molecule has 1 aliphatic heterocycles. The quantitative estimate of drug-likeness (QED) is 0.903. The number of carbonyl (C=O) groups is 1. The second-order valence-electron chi connectivity index (χ2n) is 5.58. The van der Waals surface area contributed by atoms with Gasteiger partial charge >= 0.3 is 5.97 Å². The van der Waals surface area contributed by atoms with Gasteiger partial charge in [-0.15, -0.1) is 0 Å². The van der Waals surface area contributed by atoms with Crippen LogP contribution in [0.25, 0.3) is 0 Å². The van der Waals surface area contributed by atoms with Crippen LogP contribution in [0.2, 0.25) is 0 Å². The average Bonchev–Trinajstić information content (AvgIpc) is 2.48. The highest BCUT2D eigenvalue weighted by atomic mass is 16.5. The van der Waals surface area contributed by atoms with Crippen LogP contribution >= 0.6 is 0 Å². The molecule has 0 saturated heterocycles. The van der Waals surface area contributed by atoms with Gasteiger partial charge in [-0.05, 0) is 55.5 Å². The fraction of sp³-hybridized carbons (Fsp3) is 0.278. The van der Waals surface area contributed by atoms with Crippen molar-refractivity contribution in [3.8, 4) is 5.75 Å². The molecule has 1 unspecified atom stereocenters. The molecule has 3 nitrogen and oxygen atoms in total. The maximum absolute atomic E-state index is 11.4. The fourth-order valence-electron chi connectivity index (χ4n) is 2.84. The average molecular weight is 282 g/mol. The molecule has 0 aromatic heterocycles. The number of aryl methyl sites for hydroxylation is 3. The molecule has 0 spiro atoms. The van der Waals surface area contributed by atoms with Gasteiger partial charge in [0.2, 0.25) is 0 Å². The first-order valence-electron chi connectivity index (χ1n) is 7.15. The van der Waals surface area contributed by atoms with Gasteiger partial charge in [0.15, 0.2) is 0 Å². The van der Waals surface area contributed by atoms with E-state index in [0.29, 0.717) is 5.56 Å². The molecule has 108 valence electrons. The lowest BCUT2D eigenvalue weighted by atomic mass is 9.93. The van der Waals surface area contributed by atoms with Crippen LogP contribution in [0.5, 0.6) is 5.75 Å². The van der Waals surface area contributed by atoms with Gasteiger partial charge in [0, 0.05) is 5.56 Å². The number of rotatable bonds is 2. The summed E-state index contributed by atoms with van der Waals surface area (Å²) >= 11 is 0. The third kappa shape index (κ3) is 2.51. The van der Waals surface area contributed by atoms with Crippen molar-refractivity contribution >= 4 is 5.97 Å². The lowest BCUT2D eigenvalue weighted by Crippen LogP contribution is -2.18. The topological polar surface area (TPSA) is 46.5 Å². The minimum Gasteiger partial charge on any atom is -0.485 e. The molecule has 2 aromatic rings. The fourth-order valence-corrected chi connectivity index (χ4v) is 2.84. The van der Waals surface area contributed by atoms with Gasteiger partial charge in [0.05, 0.1) is 5.56 Å². The Balaban J connectivity index is 1.97. The second kappa shape index (κ2) is 5.24. The standard InChI is InChI=1S/C18H18O3/c1-11-9-13-7-8-16(21-17(13)10-12(11)2)14-5-3-4-6-15(14)18(19)20/h3-6,9-10,16H,7-8H2,1-2H3,(H,19,20). The van der Waals surface area contributed by atoms with E-state index in [0.717, 1.165) is 24.2 Å². The number of carboxylic acids is 1. The van der Waals surface area contributed by atoms with Gasteiger partial charge in [-0.2, -0.15) is 0 Å². The highest BCUT2D eigenvalue weighted by molar-refractivity contribution is 5.89. The Labute approximate surface area is 124 Å². The number of ether oxygens (including phenoxy) is 1. The molecule has 1 heterocycles. The number of hydrogen-bond acceptors (Lipinski definition) is 2. The Morgan fingerprint density at radius 2 is 1.90 bits per heavy atom. The predicted octanol–water partition coefficient (Wildman–Crippen LogP) is 4.07. The Bertz CT molecular complexity index is 704. The van der Waals surface area contributed by atoms with Crippen molar-refractivity contribution in [2.45, 2.75) is 32.8 Å². The molecule has 3 rings (SSSR count). The summed E-state index contributed by atoms with van der Waals surface area (Å²) in [5, 5.41) is 9.32. The van der Waals surface area contributed by atoms with Crippen molar-refractivity contribution in [1.82, 2.24) is 0 Å². The molecule has 0 fully saturated rings. The molecule has 0 radical (unpaired) electrons. The maximum atomic E-state index is 11.4. The zero-order valence-electron chi connectivity index (χ0n) is 12.2. The first-order chi connectivity index (χ1) is 10.1. The van der Waals surface area contributed by atoms with Crippen LogP contribution in [0.15, 0.2) is 36.4 Å².